The lowest BCUT2D eigenvalue weighted by molar-refractivity contribution is -0.161. The predicted octanol–water partition coefficient (Wildman–Crippen LogP) is 5.08. The van der Waals surface area contributed by atoms with E-state index in [0.29, 0.717) is 25.2 Å². The maximum Gasteiger partial charge on any atom is 0.472 e. The number of Topliss-reactive ketones (excluding diaryl/α,β-unsaturated/α-hetero) is 1. The summed E-state index contributed by atoms with van der Waals surface area (Å²) in [4.78, 5) is 47.8. The Bertz CT molecular complexity index is 1090. The fraction of sp³-hybridized carbons (Fsp3) is 0.868. The minimum atomic E-state index is -4.71. The van der Waals surface area contributed by atoms with Crippen LogP contribution in [0.3, 0.4) is 0 Å². The van der Waals surface area contributed by atoms with Gasteiger partial charge in [-0.05, 0) is 31.6 Å². The standard InChI is InChI=1S/C38H69O14P/c1-4-5-10-16-29(40)20-21-33-34(36(44)23-35(33)43)22-30(41)17-13-14-19-38(46)52-32(27-51-53(47,48)50-25-31(42)24-39)26-49-37(45)18-12-9-7-6-8-11-15-28(2)3/h20-21,28-29,31-36,39-40,42-44H,4-19,22-27H2,1-3H3,(H,47,48)/b21-20+/t29-,31-,32+,33+,34+,35+,36-/m0/s1. The van der Waals surface area contributed by atoms with Gasteiger partial charge in [-0.3, -0.25) is 23.4 Å². The number of ether oxygens (including phenoxy) is 2. The zero-order valence-corrected chi connectivity index (χ0v) is 33.1. The van der Waals surface area contributed by atoms with E-state index >= 15 is 0 Å². The van der Waals surface area contributed by atoms with E-state index in [-0.39, 0.29) is 44.3 Å². The highest BCUT2D eigenvalue weighted by atomic mass is 31.2. The first-order valence-corrected chi connectivity index (χ1v) is 21.2. The maximum atomic E-state index is 12.8. The molecule has 0 heterocycles. The Kier molecular flexibility index (Phi) is 26.6. The summed E-state index contributed by atoms with van der Waals surface area (Å²) in [5.41, 5.74) is 0. The molecule has 6 N–H and O–H groups in total. The number of unbranched alkanes of at least 4 members (excludes halogenated alkanes) is 8. The molecule has 1 saturated carbocycles. The molecule has 8 atom stereocenters. The molecule has 14 nitrogen and oxygen atoms in total. The molecule has 1 unspecified atom stereocenters. The Hall–Kier alpha value is -1.74. The molecule has 0 bridgehead atoms. The van der Waals surface area contributed by atoms with Crippen molar-refractivity contribution in [2.45, 2.75) is 167 Å². The molecule has 1 aliphatic carbocycles. The lowest BCUT2D eigenvalue weighted by Gasteiger charge is -2.21. The molecule has 0 amide bonds. The van der Waals surface area contributed by atoms with E-state index in [2.05, 4.69) is 25.3 Å². The third-order valence-corrected chi connectivity index (χ3v) is 10.3. The monoisotopic (exact) mass is 780 g/mol. The predicted molar refractivity (Wildman–Crippen MR) is 198 cm³/mol. The lowest BCUT2D eigenvalue weighted by Crippen LogP contribution is -2.30. The molecule has 0 aliphatic heterocycles. The highest BCUT2D eigenvalue weighted by Gasteiger charge is 2.41. The number of phosphoric ester groups is 1. The van der Waals surface area contributed by atoms with Crippen LogP contribution in [0.4, 0.5) is 0 Å². The van der Waals surface area contributed by atoms with Gasteiger partial charge in [-0.25, -0.2) is 4.57 Å². The van der Waals surface area contributed by atoms with Crippen LogP contribution in [-0.2, 0) is 37.5 Å². The zero-order chi connectivity index (χ0) is 39.6. The van der Waals surface area contributed by atoms with Crippen molar-refractivity contribution in [2.24, 2.45) is 17.8 Å². The first-order valence-electron chi connectivity index (χ1n) is 19.7. The summed E-state index contributed by atoms with van der Waals surface area (Å²) >= 11 is 0. The average molecular weight is 781 g/mol. The summed E-state index contributed by atoms with van der Waals surface area (Å²) in [7, 11) is -4.71. The second-order valence-electron chi connectivity index (χ2n) is 14.8. The molecule has 1 aliphatic rings. The number of hydrogen-bond donors (Lipinski definition) is 6. The van der Waals surface area contributed by atoms with Gasteiger partial charge in [0.1, 0.15) is 18.5 Å². The summed E-state index contributed by atoms with van der Waals surface area (Å²) in [6.45, 7) is 4.01. The van der Waals surface area contributed by atoms with E-state index in [9.17, 15) is 44.3 Å². The maximum absolute atomic E-state index is 12.8. The molecule has 0 aromatic rings. The number of carbonyl (C=O) groups is 3. The molecule has 0 aromatic carbocycles. The van der Waals surface area contributed by atoms with Crippen molar-refractivity contribution in [1.29, 1.82) is 0 Å². The van der Waals surface area contributed by atoms with Crippen molar-refractivity contribution in [3.63, 3.8) is 0 Å². The summed E-state index contributed by atoms with van der Waals surface area (Å²) in [5.74, 6) is -1.60. The van der Waals surface area contributed by atoms with Gasteiger partial charge in [-0.15, -0.1) is 0 Å². The van der Waals surface area contributed by atoms with Crippen LogP contribution < -0.4 is 0 Å². The van der Waals surface area contributed by atoms with Gasteiger partial charge in [0.25, 0.3) is 0 Å². The second-order valence-corrected chi connectivity index (χ2v) is 16.2. The normalized spacial score (nSPS) is 21.8. The molecule has 1 rings (SSSR count). The van der Waals surface area contributed by atoms with Crippen molar-refractivity contribution in [2.75, 3.05) is 26.4 Å². The van der Waals surface area contributed by atoms with Gasteiger partial charge in [0.2, 0.25) is 0 Å². The fourth-order valence-corrected chi connectivity index (χ4v) is 6.96. The molecule has 0 saturated heterocycles. The third-order valence-electron chi connectivity index (χ3n) is 9.33. The SMILES string of the molecule is CCCCC[C@H](O)/C=C/[C@@H]1[C@@H](CC(=O)CCCCC(=O)O[C@H](COC(=O)CCCCCCCCC(C)C)COP(=O)(O)OC[C@@H](O)CO)[C@@H](O)C[C@H]1O. The number of hydrogen-bond acceptors (Lipinski definition) is 13. The van der Waals surface area contributed by atoms with Crippen molar-refractivity contribution in [3.8, 4) is 0 Å². The van der Waals surface area contributed by atoms with E-state index in [1.807, 2.05) is 0 Å². The molecule has 0 aromatic heterocycles. The van der Waals surface area contributed by atoms with Crippen LogP contribution in [0, 0.1) is 17.8 Å². The number of rotatable bonds is 32. The van der Waals surface area contributed by atoms with E-state index < -0.39 is 88.5 Å². The topological polar surface area (TPSA) is 227 Å². The van der Waals surface area contributed by atoms with Crippen molar-refractivity contribution >= 4 is 25.5 Å². The van der Waals surface area contributed by atoms with Crippen LogP contribution in [0.5, 0.6) is 0 Å². The second kappa shape index (κ2) is 28.6. The van der Waals surface area contributed by atoms with Crippen molar-refractivity contribution in [1.82, 2.24) is 0 Å². The van der Waals surface area contributed by atoms with Gasteiger partial charge in [-0.1, -0.05) is 90.7 Å². The average Bonchev–Trinajstić information content (AvgIpc) is 3.37. The summed E-state index contributed by atoms with van der Waals surface area (Å²) in [5, 5.41) is 49.5. The van der Waals surface area contributed by atoms with Gasteiger partial charge < -0.3 is 39.9 Å². The Morgan fingerprint density at radius 2 is 1.40 bits per heavy atom. The lowest BCUT2D eigenvalue weighted by atomic mass is 9.87. The molecular weight excluding hydrogens is 711 g/mol. The minimum absolute atomic E-state index is 0.0469. The molecule has 0 radical (unpaired) electrons. The summed E-state index contributed by atoms with van der Waals surface area (Å²) < 4.78 is 32.4. The van der Waals surface area contributed by atoms with Crippen molar-refractivity contribution < 1.29 is 67.9 Å². The Morgan fingerprint density at radius 3 is 2.08 bits per heavy atom. The van der Waals surface area contributed by atoms with Crippen LogP contribution in [0.1, 0.15) is 136 Å². The van der Waals surface area contributed by atoms with Crippen LogP contribution >= 0.6 is 7.82 Å². The number of ketones is 1. The minimum Gasteiger partial charge on any atom is -0.462 e. The fourth-order valence-electron chi connectivity index (χ4n) is 6.17. The first-order chi connectivity index (χ1) is 25.2. The van der Waals surface area contributed by atoms with Gasteiger partial charge in [0.15, 0.2) is 6.10 Å². The summed E-state index contributed by atoms with van der Waals surface area (Å²) in [6, 6.07) is 0. The Labute approximate surface area is 316 Å². The third kappa shape index (κ3) is 24.4. The number of aliphatic hydroxyl groups excluding tert-OH is 5. The number of esters is 2. The first kappa shape index (κ1) is 49.3. The Morgan fingerprint density at radius 1 is 0.792 bits per heavy atom. The Balaban J connectivity index is 2.58. The highest BCUT2D eigenvalue weighted by molar-refractivity contribution is 7.47. The van der Waals surface area contributed by atoms with E-state index in [1.54, 1.807) is 12.2 Å². The van der Waals surface area contributed by atoms with Gasteiger partial charge in [-0.2, -0.15) is 0 Å². The zero-order valence-electron chi connectivity index (χ0n) is 32.2. The van der Waals surface area contributed by atoms with Crippen LogP contribution in [-0.4, -0.2) is 105 Å². The largest absolute Gasteiger partial charge is 0.472 e. The van der Waals surface area contributed by atoms with E-state index in [1.165, 1.54) is 12.8 Å². The van der Waals surface area contributed by atoms with E-state index in [4.69, 9.17) is 19.1 Å². The quantitative estimate of drug-likeness (QED) is 0.0227. The number of carbonyl (C=O) groups excluding carboxylic acids is 3. The smallest absolute Gasteiger partial charge is 0.462 e. The van der Waals surface area contributed by atoms with Crippen molar-refractivity contribution in [3.05, 3.63) is 12.2 Å². The molecular formula is C38H69O14P. The van der Waals surface area contributed by atoms with Gasteiger partial charge >= 0.3 is 19.8 Å². The molecule has 53 heavy (non-hydrogen) atoms. The van der Waals surface area contributed by atoms with Crippen LogP contribution in [0.2, 0.25) is 0 Å². The van der Waals surface area contributed by atoms with Gasteiger partial charge in [0, 0.05) is 43.9 Å². The highest BCUT2D eigenvalue weighted by Crippen LogP contribution is 2.43. The molecule has 15 heteroatoms. The summed E-state index contributed by atoms with van der Waals surface area (Å²) in [6.07, 6.45) is 10.1. The van der Waals surface area contributed by atoms with Crippen LogP contribution in [0.15, 0.2) is 12.2 Å². The van der Waals surface area contributed by atoms with Gasteiger partial charge in [0.05, 0.1) is 38.1 Å². The molecule has 310 valence electrons. The molecule has 1 fully saturated rings. The number of phosphoric acid groups is 1. The van der Waals surface area contributed by atoms with Crippen LogP contribution in [0.25, 0.3) is 0 Å². The molecule has 0 spiro atoms. The number of aliphatic hydroxyl groups is 5. The van der Waals surface area contributed by atoms with E-state index in [0.717, 1.165) is 44.9 Å².